The Hall–Kier alpha value is -3.59. The second-order valence-electron chi connectivity index (χ2n) is 5.96. The van der Waals surface area contributed by atoms with Gasteiger partial charge in [-0.25, -0.2) is 14.1 Å². The Morgan fingerprint density at radius 1 is 1.07 bits per heavy atom. The molecule has 2 aromatic heterocycles. The zero-order valence-electron chi connectivity index (χ0n) is 14.8. The number of thioether (sulfide) groups is 1. The van der Waals surface area contributed by atoms with E-state index in [0.717, 1.165) is 22.8 Å². The number of anilines is 1. The summed E-state index contributed by atoms with van der Waals surface area (Å²) in [5.41, 5.74) is -0.132. The summed E-state index contributed by atoms with van der Waals surface area (Å²) in [7, 11) is 0. The van der Waals surface area contributed by atoms with Crippen molar-refractivity contribution in [2.45, 2.75) is 10.8 Å². The Kier molecular flexibility index (Phi) is 5.05. The minimum Gasteiger partial charge on any atom is -0.468 e. The lowest BCUT2D eigenvalue weighted by atomic mass is 10.1. The molecule has 9 heteroatoms. The van der Waals surface area contributed by atoms with E-state index in [-0.39, 0.29) is 17.0 Å². The number of carbonyl (C=O) groups is 3. The van der Waals surface area contributed by atoms with Crippen LogP contribution in [0.1, 0.15) is 11.5 Å². The van der Waals surface area contributed by atoms with E-state index in [1.54, 1.807) is 24.5 Å². The summed E-state index contributed by atoms with van der Waals surface area (Å²) in [6.07, 6.45) is 2.84. The maximum absolute atomic E-state index is 13.1. The van der Waals surface area contributed by atoms with E-state index in [2.05, 4.69) is 5.32 Å². The summed E-state index contributed by atoms with van der Waals surface area (Å²) in [6, 6.07) is 10.8. The van der Waals surface area contributed by atoms with Crippen LogP contribution in [0.2, 0.25) is 0 Å². The zero-order chi connectivity index (χ0) is 20.4. The molecular formula is C20H13FN2O5S. The van der Waals surface area contributed by atoms with Gasteiger partial charge < -0.3 is 8.83 Å². The van der Waals surface area contributed by atoms with Crippen LogP contribution >= 0.6 is 11.8 Å². The normalized spacial score (nSPS) is 15.8. The van der Waals surface area contributed by atoms with Gasteiger partial charge in [0, 0.05) is 0 Å². The predicted octanol–water partition coefficient (Wildman–Crippen LogP) is 3.97. The fourth-order valence-electron chi connectivity index (χ4n) is 2.65. The number of barbiturate groups is 1. The summed E-state index contributed by atoms with van der Waals surface area (Å²) in [5, 5.41) is 2.67. The third kappa shape index (κ3) is 3.99. The fraction of sp³-hybridized carbons (Fsp3) is 0.0500. The van der Waals surface area contributed by atoms with Crippen molar-refractivity contribution in [1.29, 1.82) is 0 Å². The molecule has 0 atom stereocenters. The molecule has 1 fully saturated rings. The van der Waals surface area contributed by atoms with Crippen molar-refractivity contribution < 1.29 is 27.6 Å². The maximum Gasteiger partial charge on any atom is 0.335 e. The average Bonchev–Trinajstić information content (AvgIpc) is 3.36. The van der Waals surface area contributed by atoms with Crippen molar-refractivity contribution in [3.63, 3.8) is 0 Å². The monoisotopic (exact) mass is 412 g/mol. The van der Waals surface area contributed by atoms with Gasteiger partial charge in [0.05, 0.1) is 17.7 Å². The predicted molar refractivity (Wildman–Crippen MR) is 102 cm³/mol. The Morgan fingerprint density at radius 2 is 1.86 bits per heavy atom. The third-order valence-corrected chi connectivity index (χ3v) is 4.94. The second kappa shape index (κ2) is 7.80. The van der Waals surface area contributed by atoms with E-state index in [1.807, 2.05) is 6.07 Å². The van der Waals surface area contributed by atoms with Crippen molar-refractivity contribution >= 4 is 41.4 Å². The molecule has 4 amide bonds. The number of hydrogen-bond acceptors (Lipinski definition) is 6. The number of imide groups is 2. The molecular weight excluding hydrogens is 399 g/mol. The Bertz CT molecular complexity index is 1100. The highest BCUT2D eigenvalue weighted by atomic mass is 32.2. The SMILES string of the molecule is O=C1NC(=O)N(c2ccc(F)cc2)C(=O)/C1=C\c1ccc(SCc2ccco2)o1. The molecule has 1 N–H and O–H groups in total. The smallest absolute Gasteiger partial charge is 0.335 e. The van der Waals surface area contributed by atoms with Crippen molar-refractivity contribution in [3.8, 4) is 0 Å². The van der Waals surface area contributed by atoms with Crippen LogP contribution in [0.15, 0.2) is 74.3 Å². The number of nitrogens with zero attached hydrogens (tertiary/aromatic N) is 1. The molecule has 3 heterocycles. The Balaban J connectivity index is 1.55. The van der Waals surface area contributed by atoms with Crippen LogP contribution < -0.4 is 10.2 Å². The van der Waals surface area contributed by atoms with Gasteiger partial charge in [0.2, 0.25) is 0 Å². The molecule has 0 bridgehead atoms. The number of urea groups is 1. The fourth-order valence-corrected chi connectivity index (χ4v) is 3.42. The van der Waals surface area contributed by atoms with Crippen LogP contribution in [0.25, 0.3) is 6.08 Å². The lowest BCUT2D eigenvalue weighted by Gasteiger charge is -2.26. The third-order valence-electron chi connectivity index (χ3n) is 4.01. The van der Waals surface area contributed by atoms with Gasteiger partial charge in [-0.2, -0.15) is 0 Å². The molecule has 0 radical (unpaired) electrons. The molecule has 7 nitrogen and oxygen atoms in total. The van der Waals surface area contributed by atoms with E-state index in [4.69, 9.17) is 8.83 Å². The van der Waals surface area contributed by atoms with Gasteiger partial charge in [-0.05, 0) is 54.6 Å². The molecule has 0 spiro atoms. The van der Waals surface area contributed by atoms with Crippen LogP contribution in [0, 0.1) is 5.82 Å². The standard InChI is InChI=1S/C20H13FN2O5S/c21-12-3-5-13(6-4-12)23-19(25)16(18(24)22-20(23)26)10-14-7-8-17(28-14)29-11-15-2-1-9-27-15/h1-10H,11H2,(H,22,24,26)/b16-10-. The number of nitrogens with one attached hydrogen (secondary N) is 1. The summed E-state index contributed by atoms with van der Waals surface area (Å²) < 4.78 is 24.0. The minimum absolute atomic E-state index is 0.140. The number of hydrogen-bond donors (Lipinski definition) is 1. The van der Waals surface area contributed by atoms with Gasteiger partial charge >= 0.3 is 6.03 Å². The first-order valence-electron chi connectivity index (χ1n) is 8.43. The largest absolute Gasteiger partial charge is 0.468 e. The van der Waals surface area contributed by atoms with Crippen molar-refractivity contribution in [2.75, 3.05) is 4.90 Å². The Labute approximate surface area is 168 Å². The summed E-state index contributed by atoms with van der Waals surface area (Å²) >= 11 is 1.39. The number of benzene rings is 1. The molecule has 4 rings (SSSR count). The molecule has 3 aromatic rings. The number of carbonyl (C=O) groups excluding carboxylic acids is 3. The van der Waals surface area contributed by atoms with Crippen LogP contribution in [0.5, 0.6) is 0 Å². The van der Waals surface area contributed by atoms with Crippen LogP contribution in [-0.4, -0.2) is 17.8 Å². The van der Waals surface area contributed by atoms with E-state index in [9.17, 15) is 18.8 Å². The lowest BCUT2D eigenvalue weighted by molar-refractivity contribution is -0.122. The minimum atomic E-state index is -0.905. The number of amides is 4. The average molecular weight is 412 g/mol. The van der Waals surface area contributed by atoms with Crippen molar-refractivity contribution in [1.82, 2.24) is 5.32 Å². The molecule has 1 aliphatic heterocycles. The lowest BCUT2D eigenvalue weighted by Crippen LogP contribution is -2.54. The van der Waals surface area contributed by atoms with Gasteiger partial charge in [-0.15, -0.1) is 0 Å². The highest BCUT2D eigenvalue weighted by molar-refractivity contribution is 7.98. The first kappa shape index (κ1) is 18.8. The maximum atomic E-state index is 13.1. The first-order valence-corrected chi connectivity index (χ1v) is 9.42. The van der Waals surface area contributed by atoms with Gasteiger partial charge in [0.25, 0.3) is 11.8 Å². The summed E-state index contributed by atoms with van der Waals surface area (Å²) in [6.45, 7) is 0. The van der Waals surface area contributed by atoms with E-state index < -0.39 is 23.7 Å². The van der Waals surface area contributed by atoms with E-state index in [0.29, 0.717) is 10.8 Å². The van der Waals surface area contributed by atoms with Crippen molar-refractivity contribution in [2.24, 2.45) is 0 Å². The molecule has 1 aliphatic rings. The topological polar surface area (TPSA) is 92.8 Å². The number of halogens is 1. The van der Waals surface area contributed by atoms with E-state index in [1.165, 1.54) is 30.0 Å². The van der Waals surface area contributed by atoms with Crippen LogP contribution in [0.3, 0.4) is 0 Å². The highest BCUT2D eigenvalue weighted by Crippen LogP contribution is 2.27. The summed E-state index contributed by atoms with van der Waals surface area (Å²) in [5.74, 6) is -0.560. The molecule has 146 valence electrons. The second-order valence-corrected chi connectivity index (χ2v) is 6.94. The molecule has 29 heavy (non-hydrogen) atoms. The zero-order valence-corrected chi connectivity index (χ0v) is 15.6. The van der Waals surface area contributed by atoms with Crippen LogP contribution in [0.4, 0.5) is 14.9 Å². The van der Waals surface area contributed by atoms with E-state index >= 15 is 0 Å². The van der Waals surface area contributed by atoms with Gasteiger partial charge in [-0.3, -0.25) is 14.9 Å². The number of rotatable bonds is 5. The first-order chi connectivity index (χ1) is 14.0. The molecule has 1 aromatic carbocycles. The Morgan fingerprint density at radius 3 is 2.59 bits per heavy atom. The quantitative estimate of drug-likeness (QED) is 0.387. The van der Waals surface area contributed by atoms with Crippen molar-refractivity contribution in [3.05, 3.63) is 77.7 Å². The molecule has 0 unspecified atom stereocenters. The molecule has 0 saturated carbocycles. The summed E-state index contributed by atoms with van der Waals surface area (Å²) in [4.78, 5) is 37.8. The highest BCUT2D eigenvalue weighted by Gasteiger charge is 2.37. The molecule has 1 saturated heterocycles. The van der Waals surface area contributed by atoms with Gasteiger partial charge in [0.15, 0.2) is 5.09 Å². The number of furan rings is 2. The van der Waals surface area contributed by atoms with Gasteiger partial charge in [0.1, 0.15) is 22.9 Å². The molecule has 0 aliphatic carbocycles. The van der Waals surface area contributed by atoms with Crippen LogP contribution in [-0.2, 0) is 15.3 Å². The van der Waals surface area contributed by atoms with Gasteiger partial charge in [-0.1, -0.05) is 11.8 Å².